The van der Waals surface area contributed by atoms with Crippen molar-refractivity contribution in [3.8, 4) is 0 Å². The standard InChI is InChI=1S/C30H35N5/c1-3-22-7-8-24-9-10-25(28-12-11-23(4-1)29(22)30(24)28)19-31-13-16-35-17-14-32-20-26-5-2-6-27(34-26)21-33-15-18-35/h1-3,5-11,31-33H,4,12-21H2. The van der Waals surface area contributed by atoms with Gasteiger partial charge in [0.15, 0.2) is 0 Å². The molecule has 3 aromatic rings. The second kappa shape index (κ2) is 10.4. The van der Waals surface area contributed by atoms with E-state index < -0.39 is 0 Å². The number of hydrogen-bond donors (Lipinski definition) is 3. The Kier molecular flexibility index (Phi) is 6.74. The maximum absolute atomic E-state index is 4.72. The molecule has 0 unspecified atom stereocenters. The second-order valence-electron chi connectivity index (χ2n) is 9.86. The molecule has 0 amide bonds. The van der Waals surface area contributed by atoms with Crippen LogP contribution in [0.25, 0.3) is 22.4 Å². The molecule has 3 N–H and O–H groups in total. The van der Waals surface area contributed by atoms with Gasteiger partial charge < -0.3 is 16.0 Å². The van der Waals surface area contributed by atoms with Crippen LogP contribution in [0.5, 0.6) is 0 Å². The van der Waals surface area contributed by atoms with Crippen molar-refractivity contribution in [2.24, 2.45) is 0 Å². The van der Waals surface area contributed by atoms with Crippen molar-refractivity contribution in [2.45, 2.75) is 32.5 Å². The largest absolute Gasteiger partial charge is 0.311 e. The zero-order valence-electron chi connectivity index (χ0n) is 20.4. The monoisotopic (exact) mass is 465 g/mol. The van der Waals surface area contributed by atoms with Gasteiger partial charge >= 0.3 is 0 Å². The minimum atomic E-state index is 0.834. The molecule has 2 bridgehead atoms. The van der Waals surface area contributed by atoms with Crippen LogP contribution in [0.15, 0.2) is 54.6 Å². The normalized spacial score (nSPS) is 18.1. The molecule has 5 nitrogen and oxygen atoms in total. The molecule has 0 atom stereocenters. The third kappa shape index (κ3) is 4.95. The summed E-state index contributed by atoms with van der Waals surface area (Å²) in [5.41, 5.74) is 9.57. The number of pyridine rings is 1. The molecule has 35 heavy (non-hydrogen) atoms. The fourth-order valence-corrected chi connectivity index (χ4v) is 5.69. The molecule has 2 heterocycles. The van der Waals surface area contributed by atoms with Crippen molar-refractivity contribution in [2.75, 3.05) is 39.3 Å². The SMILES string of the molecule is C1=Cc2ccc3ccc(CNCCN4CCNCc5cccc(n5)CNCC4)c4c3c2C(=CC4)C1. The van der Waals surface area contributed by atoms with Gasteiger partial charge in [-0.25, -0.2) is 0 Å². The summed E-state index contributed by atoms with van der Waals surface area (Å²) in [5, 5.41) is 13.7. The summed E-state index contributed by atoms with van der Waals surface area (Å²) < 4.78 is 0. The number of nitrogens with zero attached hydrogens (tertiary/aromatic N) is 2. The van der Waals surface area contributed by atoms with Crippen LogP contribution >= 0.6 is 0 Å². The molecule has 5 heteroatoms. The highest BCUT2D eigenvalue weighted by Crippen LogP contribution is 2.41. The van der Waals surface area contributed by atoms with Crippen LogP contribution in [-0.2, 0) is 26.1 Å². The number of benzene rings is 2. The molecule has 3 aliphatic rings. The maximum Gasteiger partial charge on any atom is 0.0545 e. The van der Waals surface area contributed by atoms with E-state index in [9.17, 15) is 0 Å². The summed E-state index contributed by atoms with van der Waals surface area (Å²) in [6, 6.07) is 15.5. The molecular formula is C30H35N5. The van der Waals surface area contributed by atoms with Crippen LogP contribution in [0.2, 0.25) is 0 Å². The number of aromatic nitrogens is 1. The summed E-state index contributed by atoms with van der Waals surface area (Å²) in [4.78, 5) is 7.27. The molecule has 1 aliphatic heterocycles. The van der Waals surface area contributed by atoms with Crippen LogP contribution in [-0.4, -0.2) is 49.2 Å². The minimum absolute atomic E-state index is 0.834. The zero-order valence-corrected chi connectivity index (χ0v) is 20.4. The van der Waals surface area contributed by atoms with E-state index in [2.05, 4.69) is 81.5 Å². The highest BCUT2D eigenvalue weighted by atomic mass is 15.2. The third-order valence-electron chi connectivity index (χ3n) is 7.54. The predicted molar refractivity (Wildman–Crippen MR) is 145 cm³/mol. The zero-order chi connectivity index (χ0) is 23.5. The minimum Gasteiger partial charge on any atom is -0.311 e. The summed E-state index contributed by atoms with van der Waals surface area (Å²) in [6.45, 7) is 8.72. The molecule has 0 radical (unpaired) electrons. The lowest BCUT2D eigenvalue weighted by molar-refractivity contribution is 0.270. The van der Waals surface area contributed by atoms with Crippen molar-refractivity contribution < 1.29 is 0 Å². The lowest BCUT2D eigenvalue weighted by Crippen LogP contribution is -2.40. The molecule has 0 spiro atoms. The average molecular weight is 466 g/mol. The van der Waals surface area contributed by atoms with Gasteiger partial charge in [0.2, 0.25) is 0 Å². The fraction of sp³-hybridized carbons (Fsp3) is 0.367. The Morgan fingerprint density at radius 2 is 1.71 bits per heavy atom. The number of hydrogen-bond acceptors (Lipinski definition) is 5. The highest BCUT2D eigenvalue weighted by molar-refractivity contribution is 6.03. The summed E-state index contributed by atoms with van der Waals surface area (Å²) in [7, 11) is 0. The quantitative estimate of drug-likeness (QED) is 0.500. The van der Waals surface area contributed by atoms with Crippen LogP contribution in [0.4, 0.5) is 0 Å². The van der Waals surface area contributed by atoms with Gasteiger partial charge in [-0.3, -0.25) is 9.88 Å². The predicted octanol–water partition coefficient (Wildman–Crippen LogP) is 3.88. The van der Waals surface area contributed by atoms with Crippen molar-refractivity contribution in [1.82, 2.24) is 25.8 Å². The first-order chi connectivity index (χ1) is 17.3. The van der Waals surface area contributed by atoms with Gasteiger partial charge in [-0.2, -0.15) is 0 Å². The molecule has 6 rings (SSSR count). The molecule has 0 saturated carbocycles. The number of fused-ring (bicyclic) bond motifs is 2. The van der Waals surface area contributed by atoms with Gasteiger partial charge in [0, 0.05) is 58.9 Å². The smallest absolute Gasteiger partial charge is 0.0545 e. The number of nitrogens with one attached hydrogen (secondary N) is 3. The molecule has 2 aliphatic carbocycles. The van der Waals surface area contributed by atoms with Gasteiger partial charge in [0.25, 0.3) is 0 Å². The summed E-state index contributed by atoms with van der Waals surface area (Å²) >= 11 is 0. The highest BCUT2D eigenvalue weighted by Gasteiger charge is 2.21. The van der Waals surface area contributed by atoms with Crippen molar-refractivity contribution in [3.63, 3.8) is 0 Å². The Bertz CT molecular complexity index is 1250. The van der Waals surface area contributed by atoms with Crippen molar-refractivity contribution in [3.05, 3.63) is 88.3 Å². The third-order valence-corrected chi connectivity index (χ3v) is 7.54. The van der Waals surface area contributed by atoms with Crippen molar-refractivity contribution in [1.29, 1.82) is 0 Å². The van der Waals surface area contributed by atoms with Gasteiger partial charge in [-0.15, -0.1) is 0 Å². The topological polar surface area (TPSA) is 52.2 Å². The van der Waals surface area contributed by atoms with E-state index in [1.165, 1.54) is 38.6 Å². The first-order valence-electron chi connectivity index (χ1n) is 13.1. The maximum atomic E-state index is 4.72. The van der Waals surface area contributed by atoms with Gasteiger partial charge in [-0.1, -0.05) is 48.6 Å². The number of allylic oxidation sites excluding steroid dienone is 3. The van der Waals surface area contributed by atoms with Crippen LogP contribution < -0.4 is 16.0 Å². The Morgan fingerprint density at radius 3 is 2.54 bits per heavy atom. The molecule has 1 aromatic heterocycles. The van der Waals surface area contributed by atoms with Gasteiger partial charge in [-0.05, 0) is 63.6 Å². The van der Waals surface area contributed by atoms with E-state index in [1.54, 1.807) is 0 Å². The van der Waals surface area contributed by atoms with E-state index in [-0.39, 0.29) is 0 Å². The average Bonchev–Trinajstić information content (AvgIpc) is 2.89. The van der Waals surface area contributed by atoms with E-state index in [4.69, 9.17) is 4.98 Å². The molecule has 0 fully saturated rings. The lowest BCUT2D eigenvalue weighted by Gasteiger charge is -2.26. The first-order valence-corrected chi connectivity index (χ1v) is 13.1. The van der Waals surface area contributed by atoms with Crippen LogP contribution in [0, 0.1) is 0 Å². The molecule has 2 aromatic carbocycles. The Hall–Kier alpha value is -2.83. The molecule has 180 valence electrons. The number of rotatable bonds is 5. The second-order valence-corrected chi connectivity index (χ2v) is 9.86. The van der Waals surface area contributed by atoms with E-state index in [0.29, 0.717) is 0 Å². The lowest BCUT2D eigenvalue weighted by atomic mass is 9.80. The Labute approximate surface area is 208 Å². The Morgan fingerprint density at radius 1 is 0.914 bits per heavy atom. The van der Waals surface area contributed by atoms with Crippen LogP contribution in [0.1, 0.15) is 40.1 Å². The fourth-order valence-electron chi connectivity index (χ4n) is 5.69. The van der Waals surface area contributed by atoms with E-state index in [1.807, 2.05) is 0 Å². The van der Waals surface area contributed by atoms with E-state index in [0.717, 1.165) is 83.1 Å². The van der Waals surface area contributed by atoms with E-state index >= 15 is 0 Å². The first kappa shape index (κ1) is 22.6. The molecule has 0 saturated heterocycles. The van der Waals surface area contributed by atoms with Gasteiger partial charge in [0.05, 0.1) is 11.4 Å². The van der Waals surface area contributed by atoms with Crippen LogP contribution in [0.3, 0.4) is 0 Å². The van der Waals surface area contributed by atoms with Crippen molar-refractivity contribution >= 4 is 22.4 Å². The summed E-state index contributed by atoms with van der Waals surface area (Å²) in [5.74, 6) is 0. The molecular weight excluding hydrogens is 430 g/mol. The Balaban J connectivity index is 1.07. The van der Waals surface area contributed by atoms with Gasteiger partial charge in [0.1, 0.15) is 0 Å². The summed E-state index contributed by atoms with van der Waals surface area (Å²) in [6.07, 6.45) is 9.16.